The zero-order valence-electron chi connectivity index (χ0n) is 15.3. The van der Waals surface area contributed by atoms with E-state index in [1.165, 1.54) is 11.2 Å². The van der Waals surface area contributed by atoms with Gasteiger partial charge in [0.05, 0.1) is 19.3 Å². The molecule has 3 aromatic rings. The molecule has 0 aliphatic carbocycles. The smallest absolute Gasteiger partial charge is 0.325 e. The minimum Gasteiger partial charge on any atom is -0.497 e. The molecule has 142 valence electrons. The highest BCUT2D eigenvalue weighted by Gasteiger charge is 2.38. The molecule has 3 amide bonds. The third-order valence-electron chi connectivity index (χ3n) is 4.60. The highest BCUT2D eigenvalue weighted by molar-refractivity contribution is 6.04. The first-order valence-electron chi connectivity index (χ1n) is 8.88. The number of rotatable bonds is 6. The fourth-order valence-corrected chi connectivity index (χ4v) is 3.12. The van der Waals surface area contributed by atoms with Gasteiger partial charge in [-0.05, 0) is 29.8 Å². The van der Waals surface area contributed by atoms with E-state index in [-0.39, 0.29) is 12.5 Å². The molecule has 1 aromatic heterocycles. The predicted octanol–water partition coefficient (Wildman–Crippen LogP) is 3.01. The summed E-state index contributed by atoms with van der Waals surface area (Å²) in [7, 11) is 1.60. The van der Waals surface area contributed by atoms with Crippen molar-refractivity contribution in [3.8, 4) is 17.2 Å². The van der Waals surface area contributed by atoms with Crippen molar-refractivity contribution in [1.29, 1.82) is 0 Å². The fraction of sp³-hybridized carbons (Fsp3) is 0.190. The maximum Gasteiger partial charge on any atom is 0.325 e. The molecule has 28 heavy (non-hydrogen) atoms. The average molecular weight is 377 g/mol. The summed E-state index contributed by atoms with van der Waals surface area (Å²) in [4.78, 5) is 30.5. The monoisotopic (exact) mass is 377 g/mol. The number of hydrogen-bond donors (Lipinski definition) is 1. The molecule has 0 spiro atoms. The van der Waals surface area contributed by atoms with Crippen LogP contribution in [0.15, 0.2) is 65.3 Å². The van der Waals surface area contributed by atoms with Crippen LogP contribution in [0, 0.1) is 0 Å². The van der Waals surface area contributed by atoms with Crippen LogP contribution in [0.4, 0.5) is 4.79 Å². The van der Waals surface area contributed by atoms with E-state index in [1.54, 1.807) is 7.11 Å². The number of carbonyl (C=O) groups is 2. The Morgan fingerprint density at radius 3 is 2.57 bits per heavy atom. The van der Waals surface area contributed by atoms with Crippen LogP contribution in [0.3, 0.4) is 0 Å². The second-order valence-corrected chi connectivity index (χ2v) is 6.49. The summed E-state index contributed by atoms with van der Waals surface area (Å²) in [5.41, 5.74) is 2.28. The van der Waals surface area contributed by atoms with Gasteiger partial charge in [0.1, 0.15) is 18.1 Å². The first kappa shape index (κ1) is 17.8. The summed E-state index contributed by atoms with van der Waals surface area (Å²) < 4.78 is 10.6. The van der Waals surface area contributed by atoms with E-state index in [0.29, 0.717) is 18.0 Å². The third-order valence-corrected chi connectivity index (χ3v) is 4.60. The second kappa shape index (κ2) is 7.56. The Bertz CT molecular complexity index is 982. The molecule has 2 aromatic carbocycles. The normalized spacial score (nSPS) is 16.3. The van der Waals surface area contributed by atoms with Gasteiger partial charge in [-0.3, -0.25) is 9.69 Å². The van der Waals surface area contributed by atoms with Crippen LogP contribution in [-0.4, -0.2) is 35.0 Å². The summed E-state index contributed by atoms with van der Waals surface area (Å²) in [6, 6.07) is 15.9. The highest BCUT2D eigenvalue weighted by Crippen LogP contribution is 2.23. The van der Waals surface area contributed by atoms with Crippen LogP contribution in [0.5, 0.6) is 5.75 Å². The molecule has 1 aliphatic rings. The molecule has 2 heterocycles. The van der Waals surface area contributed by atoms with Crippen molar-refractivity contribution in [3.63, 3.8) is 0 Å². The van der Waals surface area contributed by atoms with E-state index in [9.17, 15) is 9.59 Å². The molecule has 0 unspecified atom stereocenters. The molecule has 7 heteroatoms. The van der Waals surface area contributed by atoms with E-state index in [1.807, 2.05) is 54.6 Å². The Morgan fingerprint density at radius 1 is 1.11 bits per heavy atom. The lowest BCUT2D eigenvalue weighted by Gasteiger charge is -2.11. The molecule has 0 radical (unpaired) electrons. The van der Waals surface area contributed by atoms with Gasteiger partial charge in [-0.2, -0.15) is 0 Å². The maximum absolute atomic E-state index is 12.6. The predicted molar refractivity (Wildman–Crippen MR) is 102 cm³/mol. The quantitative estimate of drug-likeness (QED) is 0.668. The zero-order chi connectivity index (χ0) is 19.5. The number of ether oxygens (including phenoxy) is 1. The van der Waals surface area contributed by atoms with Crippen molar-refractivity contribution in [3.05, 3.63) is 72.1 Å². The van der Waals surface area contributed by atoms with Gasteiger partial charge in [-0.1, -0.05) is 30.3 Å². The van der Waals surface area contributed by atoms with E-state index in [2.05, 4.69) is 10.3 Å². The van der Waals surface area contributed by atoms with Crippen LogP contribution >= 0.6 is 0 Å². The standard InChI is InChI=1S/C21H19N3O4/c1-27-17-9-7-15(8-10-17)19-22-16(13-28-19)12-24-20(25)18(23-21(24)26)11-14-5-3-2-4-6-14/h2-10,13,18H,11-12H2,1H3,(H,23,26)/t18-/m0/s1. The first-order chi connectivity index (χ1) is 13.6. The number of urea groups is 1. The Kier molecular flexibility index (Phi) is 4.80. The minimum atomic E-state index is -0.567. The molecular formula is C21H19N3O4. The van der Waals surface area contributed by atoms with E-state index in [4.69, 9.17) is 9.15 Å². The summed E-state index contributed by atoms with van der Waals surface area (Å²) >= 11 is 0. The number of hydrogen-bond acceptors (Lipinski definition) is 5. The molecule has 0 bridgehead atoms. The number of oxazole rings is 1. The number of carbonyl (C=O) groups excluding carboxylic acids is 2. The van der Waals surface area contributed by atoms with Crippen LogP contribution in [0.2, 0.25) is 0 Å². The van der Waals surface area contributed by atoms with Crippen molar-refractivity contribution in [2.24, 2.45) is 0 Å². The van der Waals surface area contributed by atoms with E-state index in [0.717, 1.165) is 16.9 Å². The zero-order valence-corrected chi connectivity index (χ0v) is 15.3. The largest absolute Gasteiger partial charge is 0.497 e. The van der Waals surface area contributed by atoms with Crippen molar-refractivity contribution in [2.45, 2.75) is 19.0 Å². The number of benzene rings is 2. The van der Waals surface area contributed by atoms with Crippen molar-refractivity contribution >= 4 is 11.9 Å². The number of nitrogens with zero attached hydrogens (tertiary/aromatic N) is 2. The minimum absolute atomic E-state index is 0.0651. The summed E-state index contributed by atoms with van der Waals surface area (Å²) in [5, 5.41) is 2.74. The SMILES string of the molecule is COc1ccc(-c2nc(CN3C(=O)N[C@@H](Cc4ccccc4)C3=O)co2)cc1. The van der Waals surface area contributed by atoms with Gasteiger partial charge in [-0.15, -0.1) is 0 Å². The molecule has 4 rings (SSSR count). The van der Waals surface area contributed by atoms with Crippen molar-refractivity contribution in [1.82, 2.24) is 15.2 Å². The third kappa shape index (κ3) is 3.59. The van der Waals surface area contributed by atoms with Crippen LogP contribution in [-0.2, 0) is 17.8 Å². The highest BCUT2D eigenvalue weighted by atomic mass is 16.5. The molecule has 1 atom stereocenters. The Labute approximate surface area is 161 Å². The number of imide groups is 1. The summed E-state index contributed by atoms with van der Waals surface area (Å²) in [6.45, 7) is 0.0651. The summed E-state index contributed by atoms with van der Waals surface area (Å²) in [6.07, 6.45) is 1.92. The molecule has 0 saturated carbocycles. The molecule has 1 saturated heterocycles. The molecule has 1 aliphatic heterocycles. The van der Waals surface area contributed by atoms with Gasteiger partial charge in [0, 0.05) is 12.0 Å². The molecule has 1 N–H and O–H groups in total. The fourth-order valence-electron chi connectivity index (χ4n) is 3.12. The molecule has 7 nitrogen and oxygen atoms in total. The summed E-state index contributed by atoms with van der Waals surface area (Å²) in [5.74, 6) is 0.896. The topological polar surface area (TPSA) is 84.7 Å². The molecular weight excluding hydrogens is 358 g/mol. The number of aromatic nitrogens is 1. The van der Waals surface area contributed by atoms with Gasteiger partial charge in [0.15, 0.2) is 0 Å². The Morgan fingerprint density at radius 2 is 1.86 bits per heavy atom. The van der Waals surface area contributed by atoms with Gasteiger partial charge >= 0.3 is 6.03 Å². The van der Waals surface area contributed by atoms with E-state index < -0.39 is 12.1 Å². The average Bonchev–Trinajstić information content (AvgIpc) is 3.29. The lowest BCUT2D eigenvalue weighted by Crippen LogP contribution is -2.32. The number of methoxy groups -OCH3 is 1. The second-order valence-electron chi connectivity index (χ2n) is 6.49. The lowest BCUT2D eigenvalue weighted by molar-refractivity contribution is -0.127. The van der Waals surface area contributed by atoms with Gasteiger partial charge in [0.2, 0.25) is 5.89 Å². The van der Waals surface area contributed by atoms with Crippen LogP contribution < -0.4 is 10.1 Å². The van der Waals surface area contributed by atoms with Crippen molar-refractivity contribution < 1.29 is 18.7 Å². The first-order valence-corrected chi connectivity index (χ1v) is 8.88. The Hall–Kier alpha value is -3.61. The Balaban J connectivity index is 1.44. The number of nitrogens with one attached hydrogen (secondary N) is 1. The maximum atomic E-state index is 12.6. The van der Waals surface area contributed by atoms with Crippen molar-refractivity contribution in [2.75, 3.05) is 7.11 Å². The van der Waals surface area contributed by atoms with Crippen LogP contribution in [0.25, 0.3) is 11.5 Å². The lowest BCUT2D eigenvalue weighted by atomic mass is 10.1. The molecule has 1 fully saturated rings. The van der Waals surface area contributed by atoms with Gasteiger partial charge in [-0.25, -0.2) is 9.78 Å². The van der Waals surface area contributed by atoms with Gasteiger partial charge in [0.25, 0.3) is 5.91 Å². The van der Waals surface area contributed by atoms with Gasteiger partial charge < -0.3 is 14.5 Å². The number of amides is 3. The van der Waals surface area contributed by atoms with E-state index >= 15 is 0 Å². The van der Waals surface area contributed by atoms with Crippen LogP contribution in [0.1, 0.15) is 11.3 Å².